The number of nitrogens with one attached hydrogen (secondary N) is 1. The molecule has 108 valence electrons. The molecular weight excluding hydrogens is 280 g/mol. The molecule has 1 aromatic rings. The molecule has 0 aliphatic heterocycles. The summed E-state index contributed by atoms with van der Waals surface area (Å²) in [7, 11) is 1.34. The molecule has 6 nitrogen and oxygen atoms in total. The van der Waals surface area contributed by atoms with Crippen molar-refractivity contribution in [2.45, 2.75) is 18.9 Å². The van der Waals surface area contributed by atoms with Gasteiger partial charge in [-0.2, -0.15) is 0 Å². The first-order valence-electron chi connectivity index (χ1n) is 6.21. The maximum absolute atomic E-state index is 12.2. The van der Waals surface area contributed by atoms with Crippen molar-refractivity contribution in [2.75, 3.05) is 20.2 Å². The van der Waals surface area contributed by atoms with Crippen molar-refractivity contribution in [2.24, 2.45) is 5.11 Å². The second kappa shape index (κ2) is 7.75. The summed E-state index contributed by atoms with van der Waals surface area (Å²) in [5, 5.41) is 7.10. The van der Waals surface area contributed by atoms with Gasteiger partial charge in [-0.3, -0.25) is 5.32 Å². The summed E-state index contributed by atoms with van der Waals surface area (Å²) in [6.45, 7) is 2.48. The average molecular weight is 297 g/mol. The maximum atomic E-state index is 12.2. The van der Waals surface area contributed by atoms with E-state index in [9.17, 15) is 4.79 Å². The highest BCUT2D eigenvalue weighted by molar-refractivity contribution is 6.30. The third-order valence-corrected chi connectivity index (χ3v) is 3.32. The molecule has 1 unspecified atom stereocenters. The van der Waals surface area contributed by atoms with Crippen molar-refractivity contribution in [1.82, 2.24) is 5.32 Å². The molecule has 0 radical (unpaired) electrons. The Labute approximate surface area is 122 Å². The summed E-state index contributed by atoms with van der Waals surface area (Å²) >= 11 is 5.99. The van der Waals surface area contributed by atoms with Crippen LogP contribution in [0.1, 0.15) is 18.9 Å². The van der Waals surface area contributed by atoms with E-state index < -0.39 is 11.5 Å². The first-order chi connectivity index (χ1) is 9.60. The molecule has 0 aliphatic carbocycles. The molecule has 7 heteroatoms. The molecule has 1 N–H and O–H groups in total. The van der Waals surface area contributed by atoms with Gasteiger partial charge in [-0.1, -0.05) is 35.8 Å². The van der Waals surface area contributed by atoms with Gasteiger partial charge in [-0.15, -0.1) is 0 Å². The van der Waals surface area contributed by atoms with Gasteiger partial charge < -0.3 is 4.74 Å². The van der Waals surface area contributed by atoms with Gasteiger partial charge in [0.1, 0.15) is 5.54 Å². The molecule has 1 atom stereocenters. The fourth-order valence-electron chi connectivity index (χ4n) is 2.06. The highest BCUT2D eigenvalue weighted by atomic mass is 35.5. The van der Waals surface area contributed by atoms with E-state index in [1.165, 1.54) is 7.11 Å². The van der Waals surface area contributed by atoms with Crippen LogP contribution in [0.4, 0.5) is 0 Å². The van der Waals surface area contributed by atoms with Crippen LogP contribution in [0.25, 0.3) is 10.4 Å². The van der Waals surface area contributed by atoms with Crippen LogP contribution in [0, 0.1) is 0 Å². The number of hydrogen-bond acceptors (Lipinski definition) is 4. The predicted molar refractivity (Wildman–Crippen MR) is 77.5 cm³/mol. The van der Waals surface area contributed by atoms with Crippen LogP contribution in [-0.4, -0.2) is 26.2 Å². The van der Waals surface area contributed by atoms with Crippen molar-refractivity contribution in [3.8, 4) is 0 Å². The minimum Gasteiger partial charge on any atom is -0.467 e. The Kier molecular flexibility index (Phi) is 6.31. The number of azide groups is 1. The van der Waals surface area contributed by atoms with Crippen LogP contribution in [0.5, 0.6) is 0 Å². The summed E-state index contributed by atoms with van der Waals surface area (Å²) in [5.41, 5.74) is 8.01. The van der Waals surface area contributed by atoms with E-state index in [1.54, 1.807) is 18.2 Å². The van der Waals surface area contributed by atoms with E-state index in [-0.39, 0.29) is 6.54 Å². The molecule has 0 fully saturated rings. The second-order valence-corrected chi connectivity index (χ2v) is 4.58. The van der Waals surface area contributed by atoms with Crippen molar-refractivity contribution < 1.29 is 9.53 Å². The summed E-state index contributed by atoms with van der Waals surface area (Å²) in [6.07, 6.45) is 0.482. The number of methoxy groups -OCH3 is 1. The third-order valence-electron chi connectivity index (χ3n) is 3.08. The Bertz CT molecular complexity index is 517. The quantitative estimate of drug-likeness (QED) is 0.276. The predicted octanol–water partition coefficient (Wildman–Crippen LogP) is 3.02. The molecule has 0 bridgehead atoms. The van der Waals surface area contributed by atoms with Gasteiger partial charge in [-0.25, -0.2) is 4.79 Å². The lowest BCUT2D eigenvalue weighted by Crippen LogP contribution is -2.50. The number of rotatable bonds is 7. The Morgan fingerprint density at radius 1 is 1.60 bits per heavy atom. The van der Waals surface area contributed by atoms with E-state index in [0.29, 0.717) is 18.0 Å². The summed E-state index contributed by atoms with van der Waals surface area (Å²) in [4.78, 5) is 14.9. The molecule has 0 saturated heterocycles. The minimum atomic E-state index is -0.995. The zero-order valence-corrected chi connectivity index (χ0v) is 12.2. The Morgan fingerprint density at radius 2 is 2.35 bits per heavy atom. The Morgan fingerprint density at radius 3 is 2.90 bits per heavy atom. The summed E-state index contributed by atoms with van der Waals surface area (Å²) < 4.78 is 4.91. The number of benzene rings is 1. The number of carbonyl (C=O) groups excluding carboxylic acids is 1. The SMILES string of the molecule is CCC(NCCN=[N+]=[N-])(C(=O)OC)c1cccc(Cl)c1. The van der Waals surface area contributed by atoms with E-state index in [0.717, 1.165) is 5.56 Å². The molecule has 0 spiro atoms. The standard InChI is InChI=1S/C13H17ClN4O2/c1-3-13(12(19)20-2,16-7-8-17-18-15)10-5-4-6-11(14)9-10/h4-6,9,16H,3,7-8H2,1-2H3. The first kappa shape index (κ1) is 16.3. The van der Waals surface area contributed by atoms with Gasteiger partial charge >= 0.3 is 5.97 Å². The largest absolute Gasteiger partial charge is 0.467 e. The van der Waals surface area contributed by atoms with E-state index >= 15 is 0 Å². The van der Waals surface area contributed by atoms with Gasteiger partial charge in [0.25, 0.3) is 0 Å². The van der Waals surface area contributed by atoms with Crippen LogP contribution < -0.4 is 5.32 Å². The van der Waals surface area contributed by atoms with Crippen LogP contribution in [0.15, 0.2) is 29.4 Å². The number of carbonyl (C=O) groups is 1. The van der Waals surface area contributed by atoms with E-state index in [2.05, 4.69) is 15.3 Å². The van der Waals surface area contributed by atoms with Crippen molar-refractivity contribution in [3.63, 3.8) is 0 Å². The van der Waals surface area contributed by atoms with E-state index in [1.807, 2.05) is 13.0 Å². The molecule has 0 amide bonds. The zero-order chi connectivity index (χ0) is 15.0. The van der Waals surface area contributed by atoms with Gasteiger partial charge in [0.05, 0.1) is 7.11 Å². The number of ether oxygens (including phenoxy) is 1. The highest BCUT2D eigenvalue weighted by Gasteiger charge is 2.39. The lowest BCUT2D eigenvalue weighted by Gasteiger charge is -2.31. The first-order valence-corrected chi connectivity index (χ1v) is 6.59. The average Bonchev–Trinajstić information content (AvgIpc) is 2.47. The molecule has 0 heterocycles. The van der Waals surface area contributed by atoms with Gasteiger partial charge in [-0.05, 0) is 29.6 Å². The molecular formula is C13H17ClN4O2. The number of esters is 1. The summed E-state index contributed by atoms with van der Waals surface area (Å²) in [6, 6.07) is 7.05. The smallest absolute Gasteiger partial charge is 0.330 e. The van der Waals surface area contributed by atoms with Crippen LogP contribution >= 0.6 is 11.6 Å². The molecule has 0 saturated carbocycles. The van der Waals surface area contributed by atoms with E-state index in [4.69, 9.17) is 21.9 Å². The van der Waals surface area contributed by atoms with Gasteiger partial charge in [0, 0.05) is 23.0 Å². The number of nitrogens with zero attached hydrogens (tertiary/aromatic N) is 3. The topological polar surface area (TPSA) is 87.1 Å². The molecule has 0 aliphatic rings. The minimum absolute atomic E-state index is 0.246. The molecule has 1 rings (SSSR count). The van der Waals surface area contributed by atoms with Crippen molar-refractivity contribution >= 4 is 17.6 Å². The monoisotopic (exact) mass is 296 g/mol. The fraction of sp³-hybridized carbons (Fsp3) is 0.462. The highest BCUT2D eigenvalue weighted by Crippen LogP contribution is 2.28. The molecule has 0 aromatic heterocycles. The van der Waals surface area contributed by atoms with Gasteiger partial charge in [0.2, 0.25) is 0 Å². The lowest BCUT2D eigenvalue weighted by molar-refractivity contribution is -0.149. The third kappa shape index (κ3) is 3.63. The Hall–Kier alpha value is -1.75. The lowest BCUT2D eigenvalue weighted by atomic mass is 9.87. The van der Waals surface area contributed by atoms with Crippen LogP contribution in [-0.2, 0) is 15.1 Å². The maximum Gasteiger partial charge on any atom is 0.330 e. The second-order valence-electron chi connectivity index (χ2n) is 4.14. The molecule has 1 aromatic carbocycles. The summed E-state index contributed by atoms with van der Waals surface area (Å²) in [5.74, 6) is -0.400. The van der Waals surface area contributed by atoms with Crippen molar-refractivity contribution in [3.05, 3.63) is 45.3 Å². The van der Waals surface area contributed by atoms with Crippen LogP contribution in [0.2, 0.25) is 5.02 Å². The van der Waals surface area contributed by atoms with Crippen molar-refractivity contribution in [1.29, 1.82) is 0 Å². The Balaban J connectivity index is 3.11. The fourth-order valence-corrected chi connectivity index (χ4v) is 2.25. The molecule has 20 heavy (non-hydrogen) atoms. The zero-order valence-electron chi connectivity index (χ0n) is 11.5. The van der Waals surface area contributed by atoms with Crippen LogP contribution in [0.3, 0.4) is 0 Å². The number of hydrogen-bond donors (Lipinski definition) is 1. The van der Waals surface area contributed by atoms with Gasteiger partial charge in [0.15, 0.2) is 0 Å². The number of halogens is 1. The normalized spacial score (nSPS) is 13.2.